The van der Waals surface area contributed by atoms with Gasteiger partial charge < -0.3 is 9.26 Å². The Labute approximate surface area is 176 Å². The minimum atomic E-state index is -4.55. The summed E-state index contributed by atoms with van der Waals surface area (Å²) in [4.78, 5) is 11.6. The smallest absolute Gasteiger partial charge is 0.422 e. The first kappa shape index (κ1) is 20.7. The highest BCUT2D eigenvalue weighted by Gasteiger charge is 2.29. The number of alkyl halides is 3. The molecule has 0 bridgehead atoms. The summed E-state index contributed by atoms with van der Waals surface area (Å²) in [6, 6.07) is 5.54. The fraction of sp³-hybridized carbons (Fsp3) is 0.167. The third-order valence-electron chi connectivity index (χ3n) is 3.99. The molecule has 4 aromatic rings. The highest BCUT2D eigenvalue weighted by Crippen LogP contribution is 2.33. The van der Waals surface area contributed by atoms with E-state index in [0.717, 1.165) is 6.20 Å². The van der Waals surface area contributed by atoms with Gasteiger partial charge in [0.25, 0.3) is 5.89 Å². The van der Waals surface area contributed by atoms with E-state index < -0.39 is 18.6 Å². The molecule has 4 rings (SSSR count). The van der Waals surface area contributed by atoms with Crippen LogP contribution in [0.2, 0.25) is 5.15 Å². The Morgan fingerprint density at radius 1 is 1.19 bits per heavy atom. The zero-order valence-electron chi connectivity index (χ0n) is 15.3. The lowest BCUT2D eigenvalue weighted by molar-refractivity contribution is -0.153. The van der Waals surface area contributed by atoms with Gasteiger partial charge in [-0.2, -0.15) is 23.3 Å². The fourth-order valence-electron chi connectivity index (χ4n) is 2.61. The van der Waals surface area contributed by atoms with E-state index in [1.807, 2.05) is 0 Å². The van der Waals surface area contributed by atoms with Crippen LogP contribution in [0, 0.1) is 5.82 Å². The number of hydrogen-bond acceptors (Lipinski definition) is 7. The first-order chi connectivity index (χ1) is 14.8. The lowest BCUT2D eigenvalue weighted by atomic mass is 10.1. The van der Waals surface area contributed by atoms with E-state index in [4.69, 9.17) is 20.9 Å². The van der Waals surface area contributed by atoms with Crippen LogP contribution in [0.15, 0.2) is 47.6 Å². The maximum absolute atomic E-state index is 14.5. The summed E-state index contributed by atoms with van der Waals surface area (Å²) in [5.41, 5.74) is 0.681. The fourth-order valence-corrected chi connectivity index (χ4v) is 2.77. The molecule has 0 saturated heterocycles. The summed E-state index contributed by atoms with van der Waals surface area (Å²) in [5, 5.41) is 7.67. The summed E-state index contributed by atoms with van der Waals surface area (Å²) in [5.74, 6) is -0.911. The molecule has 1 aromatic carbocycles. The number of pyridine rings is 1. The van der Waals surface area contributed by atoms with Gasteiger partial charge in [-0.15, -0.1) is 0 Å². The molecule has 0 amide bonds. The Morgan fingerprint density at radius 3 is 2.74 bits per heavy atom. The molecule has 0 N–H and O–H groups in total. The van der Waals surface area contributed by atoms with Crippen molar-refractivity contribution in [3.63, 3.8) is 0 Å². The molecule has 0 atom stereocenters. The molecule has 13 heteroatoms. The van der Waals surface area contributed by atoms with Crippen LogP contribution in [-0.4, -0.2) is 42.7 Å². The molecule has 0 aliphatic rings. The third kappa shape index (κ3) is 4.97. The summed E-state index contributed by atoms with van der Waals surface area (Å²) < 4.78 is 63.4. The SMILES string of the molecule is Fc1cc(-c2noc(-c3cc(Cl)ncc3OCC(F)(F)F)n2)ccc1Cn1cncn1. The van der Waals surface area contributed by atoms with Crippen molar-refractivity contribution < 1.29 is 26.8 Å². The number of hydrogen-bond donors (Lipinski definition) is 0. The summed E-state index contributed by atoms with van der Waals surface area (Å²) in [6.45, 7) is -1.36. The number of ether oxygens (including phenoxy) is 1. The van der Waals surface area contributed by atoms with Crippen LogP contribution in [0.25, 0.3) is 22.8 Å². The molecular formula is C18H11ClF4N6O2. The number of benzene rings is 1. The molecule has 0 spiro atoms. The first-order valence-corrected chi connectivity index (χ1v) is 8.97. The first-order valence-electron chi connectivity index (χ1n) is 8.59. The molecule has 3 aromatic heterocycles. The second-order valence-electron chi connectivity index (χ2n) is 6.23. The van der Waals surface area contributed by atoms with Gasteiger partial charge in [0, 0.05) is 11.1 Å². The van der Waals surface area contributed by atoms with Gasteiger partial charge in [-0.1, -0.05) is 28.9 Å². The lowest BCUT2D eigenvalue weighted by Crippen LogP contribution is -2.19. The molecule has 0 aliphatic carbocycles. The third-order valence-corrected chi connectivity index (χ3v) is 4.20. The van der Waals surface area contributed by atoms with Crippen molar-refractivity contribution >= 4 is 11.6 Å². The average Bonchev–Trinajstić information content (AvgIpc) is 3.40. The van der Waals surface area contributed by atoms with Crippen molar-refractivity contribution in [2.24, 2.45) is 0 Å². The van der Waals surface area contributed by atoms with Gasteiger partial charge in [0.2, 0.25) is 5.82 Å². The normalized spacial score (nSPS) is 11.6. The van der Waals surface area contributed by atoms with Crippen molar-refractivity contribution in [3.8, 4) is 28.6 Å². The Morgan fingerprint density at radius 2 is 2.03 bits per heavy atom. The summed E-state index contributed by atoms with van der Waals surface area (Å²) >= 11 is 5.84. The van der Waals surface area contributed by atoms with E-state index in [-0.39, 0.29) is 34.7 Å². The van der Waals surface area contributed by atoms with Crippen molar-refractivity contribution in [1.82, 2.24) is 29.9 Å². The van der Waals surface area contributed by atoms with E-state index in [1.165, 1.54) is 35.5 Å². The maximum atomic E-state index is 14.5. The molecule has 0 aliphatic heterocycles. The predicted molar refractivity (Wildman–Crippen MR) is 98.6 cm³/mol. The number of rotatable bonds is 6. The van der Waals surface area contributed by atoms with Gasteiger partial charge in [-0.3, -0.25) is 0 Å². The quantitative estimate of drug-likeness (QED) is 0.319. The van der Waals surface area contributed by atoms with Crippen LogP contribution in [0.5, 0.6) is 5.75 Å². The number of nitrogens with zero attached hydrogens (tertiary/aromatic N) is 6. The van der Waals surface area contributed by atoms with E-state index in [2.05, 4.69) is 25.2 Å². The van der Waals surface area contributed by atoms with Crippen LogP contribution >= 0.6 is 11.6 Å². The Balaban J connectivity index is 1.60. The topological polar surface area (TPSA) is 91.8 Å². The van der Waals surface area contributed by atoms with E-state index >= 15 is 0 Å². The molecule has 8 nitrogen and oxygen atoms in total. The average molecular weight is 455 g/mol. The van der Waals surface area contributed by atoms with Crippen LogP contribution in [0.1, 0.15) is 5.56 Å². The second kappa shape index (κ2) is 8.30. The molecular weight excluding hydrogens is 444 g/mol. The van der Waals surface area contributed by atoms with E-state index in [1.54, 1.807) is 6.07 Å². The van der Waals surface area contributed by atoms with Crippen molar-refractivity contribution in [1.29, 1.82) is 0 Å². The molecule has 31 heavy (non-hydrogen) atoms. The van der Waals surface area contributed by atoms with Crippen LogP contribution in [0.4, 0.5) is 17.6 Å². The standard InChI is InChI=1S/C18H11ClF4N6O2/c19-15-4-12(14(5-25-15)30-7-18(21,22)23)17-27-16(28-31-17)10-1-2-11(13(20)3-10)6-29-9-24-8-26-29/h1-5,8-9H,6-7H2. The Kier molecular flexibility index (Phi) is 5.55. The van der Waals surface area contributed by atoms with Gasteiger partial charge >= 0.3 is 6.18 Å². The van der Waals surface area contributed by atoms with Gasteiger partial charge in [-0.05, 0) is 12.1 Å². The van der Waals surface area contributed by atoms with E-state index in [9.17, 15) is 17.6 Å². The minimum Gasteiger partial charge on any atom is -0.482 e. The van der Waals surface area contributed by atoms with Crippen LogP contribution in [0.3, 0.4) is 0 Å². The zero-order valence-corrected chi connectivity index (χ0v) is 16.1. The Bertz CT molecular complexity index is 1200. The van der Waals surface area contributed by atoms with Gasteiger partial charge in [0.1, 0.15) is 23.6 Å². The van der Waals surface area contributed by atoms with Gasteiger partial charge in [0.05, 0.1) is 18.3 Å². The van der Waals surface area contributed by atoms with Crippen molar-refractivity contribution in [3.05, 3.63) is 59.7 Å². The van der Waals surface area contributed by atoms with Crippen LogP contribution in [-0.2, 0) is 6.54 Å². The highest BCUT2D eigenvalue weighted by molar-refractivity contribution is 6.29. The summed E-state index contributed by atoms with van der Waals surface area (Å²) in [7, 11) is 0. The molecule has 3 heterocycles. The zero-order chi connectivity index (χ0) is 22.0. The van der Waals surface area contributed by atoms with Crippen LogP contribution < -0.4 is 4.74 Å². The molecule has 0 unspecified atom stereocenters. The number of halogens is 5. The number of aromatic nitrogens is 6. The molecule has 0 radical (unpaired) electrons. The molecule has 0 saturated carbocycles. The monoisotopic (exact) mass is 454 g/mol. The lowest BCUT2D eigenvalue weighted by Gasteiger charge is -2.11. The molecule has 0 fully saturated rings. The van der Waals surface area contributed by atoms with Gasteiger partial charge in [0.15, 0.2) is 12.4 Å². The van der Waals surface area contributed by atoms with Crippen molar-refractivity contribution in [2.45, 2.75) is 12.7 Å². The minimum absolute atomic E-state index is 0.0161. The second-order valence-corrected chi connectivity index (χ2v) is 6.62. The predicted octanol–water partition coefficient (Wildman–Crippen LogP) is 4.17. The summed E-state index contributed by atoms with van der Waals surface area (Å²) in [6.07, 6.45) is -0.740. The molecule has 160 valence electrons. The van der Waals surface area contributed by atoms with Gasteiger partial charge in [-0.25, -0.2) is 19.0 Å². The highest BCUT2D eigenvalue weighted by atomic mass is 35.5. The Hall–Kier alpha value is -3.54. The largest absolute Gasteiger partial charge is 0.482 e. The van der Waals surface area contributed by atoms with E-state index in [0.29, 0.717) is 11.1 Å². The maximum Gasteiger partial charge on any atom is 0.422 e. The van der Waals surface area contributed by atoms with Crippen molar-refractivity contribution in [2.75, 3.05) is 6.61 Å².